The molecule has 0 fully saturated rings. The molecule has 1 aromatic carbocycles. The number of nitrogens with zero attached hydrogens (tertiary/aromatic N) is 2. The second-order valence-electron chi connectivity index (χ2n) is 4.94. The van der Waals surface area contributed by atoms with Crippen molar-refractivity contribution in [2.45, 2.75) is 25.2 Å². The summed E-state index contributed by atoms with van der Waals surface area (Å²) >= 11 is 0. The third-order valence-electron chi connectivity index (χ3n) is 3.35. The topological polar surface area (TPSA) is 84.2 Å². The zero-order valence-electron chi connectivity index (χ0n) is 12.3. The van der Waals surface area contributed by atoms with Crippen molar-refractivity contribution in [3.63, 3.8) is 0 Å². The molecule has 2 N–H and O–H groups in total. The molecule has 0 saturated heterocycles. The number of phenols is 1. The van der Waals surface area contributed by atoms with Crippen molar-refractivity contribution < 1.29 is 13.5 Å². The van der Waals surface area contributed by atoms with E-state index in [1.165, 1.54) is 0 Å². The molecule has 0 radical (unpaired) electrons. The van der Waals surface area contributed by atoms with Gasteiger partial charge in [0.25, 0.3) is 0 Å². The van der Waals surface area contributed by atoms with Gasteiger partial charge in [0, 0.05) is 13.6 Å². The first kappa shape index (κ1) is 15.5. The van der Waals surface area contributed by atoms with Crippen molar-refractivity contribution in [1.29, 1.82) is 0 Å². The van der Waals surface area contributed by atoms with E-state index in [1.54, 1.807) is 49.8 Å². The predicted molar refractivity (Wildman–Crippen MR) is 79.7 cm³/mol. The van der Waals surface area contributed by atoms with Crippen LogP contribution in [-0.4, -0.2) is 29.8 Å². The van der Waals surface area contributed by atoms with Crippen LogP contribution in [0.3, 0.4) is 0 Å². The number of nitrogens with one attached hydrogen (secondary N) is 1. The van der Waals surface area contributed by atoms with Crippen LogP contribution in [0.5, 0.6) is 5.75 Å². The Morgan fingerprint density at radius 2 is 1.86 bits per heavy atom. The highest BCUT2D eigenvalue weighted by atomic mass is 32.2. The van der Waals surface area contributed by atoms with Gasteiger partial charge in [0.2, 0.25) is 10.0 Å². The summed E-state index contributed by atoms with van der Waals surface area (Å²) in [6.45, 7) is 3.71. The number of aromatic nitrogens is 2. The standard InChI is InChI=1S/C14H19N3O3S/c1-10-14(11(2)17(3)16-10)21(19,20)15-9-8-12-4-6-13(18)7-5-12/h4-7,15,18H,8-9H2,1-3H3. The maximum Gasteiger partial charge on any atom is 0.244 e. The zero-order chi connectivity index (χ0) is 15.6. The van der Waals surface area contributed by atoms with Gasteiger partial charge in [-0.15, -0.1) is 0 Å². The summed E-state index contributed by atoms with van der Waals surface area (Å²) in [4.78, 5) is 0.246. The van der Waals surface area contributed by atoms with Crippen molar-refractivity contribution in [2.24, 2.45) is 7.05 Å². The van der Waals surface area contributed by atoms with E-state index in [2.05, 4.69) is 9.82 Å². The number of benzene rings is 1. The molecule has 0 unspecified atom stereocenters. The Hall–Kier alpha value is -1.86. The second kappa shape index (κ2) is 5.87. The van der Waals surface area contributed by atoms with E-state index >= 15 is 0 Å². The van der Waals surface area contributed by atoms with Crippen molar-refractivity contribution in [3.8, 4) is 5.75 Å². The van der Waals surface area contributed by atoms with Gasteiger partial charge in [0.15, 0.2) is 0 Å². The molecule has 2 aromatic rings. The maximum atomic E-state index is 12.3. The molecule has 7 heteroatoms. The molecule has 0 amide bonds. The van der Waals surface area contributed by atoms with Crippen LogP contribution in [0, 0.1) is 13.8 Å². The number of hydrogen-bond donors (Lipinski definition) is 2. The lowest BCUT2D eigenvalue weighted by Gasteiger charge is -2.07. The van der Waals surface area contributed by atoms with Gasteiger partial charge in [-0.25, -0.2) is 13.1 Å². The molecule has 1 heterocycles. The number of rotatable bonds is 5. The Morgan fingerprint density at radius 3 is 2.38 bits per heavy atom. The van der Waals surface area contributed by atoms with Crippen LogP contribution in [0.25, 0.3) is 0 Å². The van der Waals surface area contributed by atoms with Crippen LogP contribution < -0.4 is 4.72 Å². The van der Waals surface area contributed by atoms with Crippen LogP contribution in [0.4, 0.5) is 0 Å². The fourth-order valence-electron chi connectivity index (χ4n) is 2.21. The van der Waals surface area contributed by atoms with Crippen LogP contribution in [-0.2, 0) is 23.5 Å². The van der Waals surface area contributed by atoms with E-state index in [1.807, 2.05) is 0 Å². The van der Waals surface area contributed by atoms with Crippen molar-refractivity contribution in [2.75, 3.05) is 6.54 Å². The molecule has 0 aliphatic heterocycles. The first-order valence-corrected chi connectivity index (χ1v) is 8.07. The molecule has 2 rings (SSSR count). The van der Waals surface area contributed by atoms with Gasteiger partial charge in [-0.3, -0.25) is 4.68 Å². The van der Waals surface area contributed by atoms with E-state index in [0.717, 1.165) is 5.56 Å². The zero-order valence-corrected chi connectivity index (χ0v) is 13.1. The van der Waals surface area contributed by atoms with E-state index in [-0.39, 0.29) is 10.6 Å². The Morgan fingerprint density at radius 1 is 1.24 bits per heavy atom. The summed E-state index contributed by atoms with van der Waals surface area (Å²) in [5.74, 6) is 0.195. The quantitative estimate of drug-likeness (QED) is 0.871. The SMILES string of the molecule is Cc1nn(C)c(C)c1S(=O)(=O)NCCc1ccc(O)cc1. The molecular formula is C14H19N3O3S. The van der Waals surface area contributed by atoms with Crippen LogP contribution in [0.15, 0.2) is 29.2 Å². The van der Waals surface area contributed by atoms with Gasteiger partial charge in [0.05, 0.1) is 11.4 Å². The normalized spacial score (nSPS) is 11.8. The van der Waals surface area contributed by atoms with Gasteiger partial charge < -0.3 is 5.11 Å². The average molecular weight is 309 g/mol. The molecule has 114 valence electrons. The molecule has 21 heavy (non-hydrogen) atoms. The monoisotopic (exact) mass is 309 g/mol. The predicted octanol–water partition coefficient (Wildman–Crippen LogP) is 1.26. The molecule has 0 spiro atoms. The fourth-order valence-corrected chi connectivity index (χ4v) is 3.67. The summed E-state index contributed by atoms with van der Waals surface area (Å²) in [5, 5.41) is 13.3. The highest BCUT2D eigenvalue weighted by molar-refractivity contribution is 7.89. The molecule has 0 saturated carbocycles. The third-order valence-corrected chi connectivity index (χ3v) is 5.07. The lowest BCUT2D eigenvalue weighted by molar-refractivity contribution is 0.475. The van der Waals surface area contributed by atoms with Crippen LogP contribution in [0.1, 0.15) is 17.0 Å². The highest BCUT2D eigenvalue weighted by Gasteiger charge is 2.23. The lowest BCUT2D eigenvalue weighted by atomic mass is 10.1. The number of sulfonamides is 1. The number of aromatic hydroxyl groups is 1. The van der Waals surface area contributed by atoms with Gasteiger partial charge in [-0.1, -0.05) is 12.1 Å². The second-order valence-corrected chi connectivity index (χ2v) is 6.64. The third kappa shape index (κ3) is 3.43. The molecule has 6 nitrogen and oxygen atoms in total. The minimum atomic E-state index is -3.56. The molecule has 0 atom stereocenters. The summed E-state index contributed by atoms with van der Waals surface area (Å²) in [7, 11) is -1.84. The first-order chi connectivity index (χ1) is 9.81. The van der Waals surface area contributed by atoms with Gasteiger partial charge in [-0.05, 0) is 38.0 Å². The van der Waals surface area contributed by atoms with Crippen molar-refractivity contribution in [3.05, 3.63) is 41.2 Å². The van der Waals surface area contributed by atoms with Gasteiger partial charge in [-0.2, -0.15) is 5.10 Å². The minimum absolute atomic E-state index is 0.195. The number of hydrogen-bond acceptors (Lipinski definition) is 4. The van der Waals surface area contributed by atoms with Crippen molar-refractivity contribution in [1.82, 2.24) is 14.5 Å². The minimum Gasteiger partial charge on any atom is -0.508 e. The molecular weight excluding hydrogens is 290 g/mol. The Labute approximate surface area is 124 Å². The summed E-state index contributed by atoms with van der Waals surface area (Å²) in [6.07, 6.45) is 0.553. The van der Waals surface area contributed by atoms with Crippen LogP contribution in [0.2, 0.25) is 0 Å². The lowest BCUT2D eigenvalue weighted by Crippen LogP contribution is -2.27. The molecule has 0 bridgehead atoms. The van der Waals surface area contributed by atoms with Crippen LogP contribution >= 0.6 is 0 Å². The smallest absolute Gasteiger partial charge is 0.244 e. The number of aryl methyl sites for hydroxylation is 2. The fraction of sp³-hybridized carbons (Fsp3) is 0.357. The summed E-state index contributed by atoms with van der Waals surface area (Å²) in [6, 6.07) is 6.70. The molecule has 0 aliphatic carbocycles. The molecule has 0 aliphatic rings. The Bertz CT molecular complexity index is 734. The summed E-state index contributed by atoms with van der Waals surface area (Å²) in [5.41, 5.74) is 2.06. The first-order valence-electron chi connectivity index (χ1n) is 6.59. The van der Waals surface area contributed by atoms with Crippen molar-refractivity contribution >= 4 is 10.0 Å². The van der Waals surface area contributed by atoms with Gasteiger partial charge >= 0.3 is 0 Å². The summed E-state index contributed by atoms with van der Waals surface area (Å²) < 4.78 is 28.8. The Kier molecular flexibility index (Phi) is 4.34. The highest BCUT2D eigenvalue weighted by Crippen LogP contribution is 2.18. The van der Waals surface area contributed by atoms with Gasteiger partial charge in [0.1, 0.15) is 10.6 Å². The Balaban J connectivity index is 2.06. The largest absolute Gasteiger partial charge is 0.508 e. The maximum absolute atomic E-state index is 12.3. The van der Waals surface area contributed by atoms with E-state index in [9.17, 15) is 13.5 Å². The number of phenolic OH excluding ortho intramolecular Hbond substituents is 1. The average Bonchev–Trinajstić information content (AvgIpc) is 2.66. The van der Waals surface area contributed by atoms with E-state index in [4.69, 9.17) is 0 Å². The molecule has 1 aromatic heterocycles. The van der Waals surface area contributed by atoms with E-state index in [0.29, 0.717) is 24.4 Å². The van der Waals surface area contributed by atoms with E-state index < -0.39 is 10.0 Å².